The zero-order valence-corrected chi connectivity index (χ0v) is 13.8. The molecule has 8 heteroatoms. The Morgan fingerprint density at radius 3 is 2.75 bits per heavy atom. The van der Waals surface area contributed by atoms with Gasteiger partial charge in [-0.1, -0.05) is 6.92 Å². The van der Waals surface area contributed by atoms with E-state index in [-0.39, 0.29) is 24.0 Å². The number of aryl methyl sites for hydroxylation is 1. The van der Waals surface area contributed by atoms with Crippen LogP contribution in [-0.4, -0.2) is 39.9 Å². The normalized spacial score (nSPS) is 14.0. The van der Waals surface area contributed by atoms with Crippen molar-refractivity contribution in [3.8, 4) is 0 Å². The molecular formula is C16H20FN5O2. The number of benzene rings is 1. The summed E-state index contributed by atoms with van der Waals surface area (Å²) in [5, 5.41) is 3.90. The van der Waals surface area contributed by atoms with Crippen LogP contribution in [0.25, 0.3) is 0 Å². The molecule has 0 fully saturated rings. The maximum Gasteiger partial charge on any atom is 0.345 e. The summed E-state index contributed by atoms with van der Waals surface area (Å²) >= 11 is 0. The number of amides is 1. The van der Waals surface area contributed by atoms with Gasteiger partial charge in [0, 0.05) is 26.7 Å². The van der Waals surface area contributed by atoms with Gasteiger partial charge in [-0.15, -0.1) is 0 Å². The monoisotopic (exact) mass is 333 g/mol. The molecule has 24 heavy (non-hydrogen) atoms. The van der Waals surface area contributed by atoms with E-state index in [4.69, 9.17) is 0 Å². The average molecular weight is 333 g/mol. The van der Waals surface area contributed by atoms with Gasteiger partial charge < -0.3 is 9.80 Å². The second kappa shape index (κ2) is 6.46. The molecule has 128 valence electrons. The number of anilines is 2. The molecule has 1 aromatic carbocycles. The molecule has 1 aromatic heterocycles. The van der Waals surface area contributed by atoms with Crippen LogP contribution < -0.4 is 15.5 Å². The molecule has 0 radical (unpaired) electrons. The average Bonchev–Trinajstić information content (AvgIpc) is 2.87. The first-order valence-corrected chi connectivity index (χ1v) is 7.94. The first-order chi connectivity index (χ1) is 11.5. The molecule has 0 N–H and O–H groups in total. The van der Waals surface area contributed by atoms with Crippen LogP contribution in [0.15, 0.2) is 29.3 Å². The van der Waals surface area contributed by atoms with Crippen molar-refractivity contribution in [2.24, 2.45) is 7.05 Å². The van der Waals surface area contributed by atoms with Gasteiger partial charge in [-0.05, 0) is 24.6 Å². The molecule has 0 bridgehead atoms. The van der Waals surface area contributed by atoms with Crippen molar-refractivity contribution < 1.29 is 9.18 Å². The molecule has 0 aliphatic carbocycles. The Morgan fingerprint density at radius 1 is 1.29 bits per heavy atom. The van der Waals surface area contributed by atoms with Crippen molar-refractivity contribution in [3.05, 3.63) is 40.8 Å². The highest BCUT2D eigenvalue weighted by Crippen LogP contribution is 2.34. The maximum absolute atomic E-state index is 13.7. The number of nitrogens with zero attached hydrogens (tertiary/aromatic N) is 5. The largest absolute Gasteiger partial charge is 0.368 e. The lowest BCUT2D eigenvalue weighted by Crippen LogP contribution is -2.46. The van der Waals surface area contributed by atoms with Crippen LogP contribution in [0.5, 0.6) is 0 Å². The first-order valence-electron chi connectivity index (χ1n) is 7.94. The van der Waals surface area contributed by atoms with Crippen LogP contribution in [0.4, 0.5) is 15.8 Å². The van der Waals surface area contributed by atoms with Crippen LogP contribution >= 0.6 is 0 Å². The summed E-state index contributed by atoms with van der Waals surface area (Å²) in [6, 6.07) is 4.47. The van der Waals surface area contributed by atoms with E-state index < -0.39 is 0 Å². The highest BCUT2D eigenvalue weighted by molar-refractivity contribution is 5.97. The van der Waals surface area contributed by atoms with Crippen LogP contribution in [0.3, 0.4) is 0 Å². The Hall–Kier alpha value is -2.64. The molecule has 3 rings (SSSR count). The Balaban J connectivity index is 1.89. The predicted octanol–water partition coefficient (Wildman–Crippen LogP) is 0.984. The summed E-state index contributed by atoms with van der Waals surface area (Å²) in [6.07, 6.45) is 2.33. The van der Waals surface area contributed by atoms with Gasteiger partial charge in [0.05, 0.1) is 11.4 Å². The number of rotatable bonds is 4. The second-order valence-corrected chi connectivity index (χ2v) is 5.85. The minimum absolute atomic E-state index is 0.163. The number of hydrogen-bond donors (Lipinski definition) is 0. The van der Waals surface area contributed by atoms with E-state index in [0.717, 1.165) is 23.3 Å². The zero-order chi connectivity index (χ0) is 17.3. The SMILES string of the molecule is CCCN1CCN(C(=O)Cn2ncn(C)c2=O)c2cc(F)ccc21. The van der Waals surface area contributed by atoms with Crippen molar-refractivity contribution in [1.82, 2.24) is 14.3 Å². The van der Waals surface area contributed by atoms with E-state index in [1.807, 2.05) is 0 Å². The summed E-state index contributed by atoms with van der Waals surface area (Å²) < 4.78 is 16.1. The van der Waals surface area contributed by atoms with Crippen molar-refractivity contribution in [2.75, 3.05) is 29.4 Å². The molecule has 0 saturated heterocycles. The maximum atomic E-state index is 13.7. The quantitative estimate of drug-likeness (QED) is 0.837. The Bertz CT molecular complexity index is 813. The Kier molecular flexibility index (Phi) is 4.37. The van der Waals surface area contributed by atoms with E-state index >= 15 is 0 Å². The standard InChI is InChI=1S/C16H20FN5O2/c1-3-6-20-7-8-21(14-9-12(17)4-5-13(14)20)15(23)10-22-16(24)19(2)11-18-22/h4-5,9,11H,3,6-8,10H2,1-2H3. The second-order valence-electron chi connectivity index (χ2n) is 5.85. The Labute approximate surface area is 138 Å². The molecule has 2 heterocycles. The minimum Gasteiger partial charge on any atom is -0.368 e. The third kappa shape index (κ3) is 2.91. The lowest BCUT2D eigenvalue weighted by Gasteiger charge is -2.37. The first kappa shape index (κ1) is 16.2. The van der Waals surface area contributed by atoms with Gasteiger partial charge in [-0.3, -0.25) is 9.36 Å². The molecule has 2 aromatic rings. The summed E-state index contributed by atoms with van der Waals surface area (Å²) in [7, 11) is 1.57. The summed E-state index contributed by atoms with van der Waals surface area (Å²) in [4.78, 5) is 28.2. The predicted molar refractivity (Wildman–Crippen MR) is 88.7 cm³/mol. The molecular weight excluding hydrogens is 313 g/mol. The van der Waals surface area contributed by atoms with Gasteiger partial charge in [0.15, 0.2) is 0 Å². The number of aromatic nitrogens is 3. The summed E-state index contributed by atoms with van der Waals surface area (Å²) in [5.41, 5.74) is 1.03. The third-order valence-corrected chi connectivity index (χ3v) is 4.13. The fraction of sp³-hybridized carbons (Fsp3) is 0.438. The van der Waals surface area contributed by atoms with Gasteiger partial charge in [0.1, 0.15) is 18.7 Å². The summed E-state index contributed by atoms with van der Waals surface area (Å²) in [5.74, 6) is -0.668. The van der Waals surface area contributed by atoms with Gasteiger partial charge in [-0.2, -0.15) is 5.10 Å². The number of halogens is 1. The zero-order valence-electron chi connectivity index (χ0n) is 13.8. The van der Waals surface area contributed by atoms with E-state index in [2.05, 4.69) is 16.9 Å². The van der Waals surface area contributed by atoms with Crippen LogP contribution in [0.1, 0.15) is 13.3 Å². The van der Waals surface area contributed by atoms with E-state index in [9.17, 15) is 14.0 Å². The summed E-state index contributed by atoms with van der Waals surface area (Å²) in [6.45, 7) is 3.89. The van der Waals surface area contributed by atoms with Crippen molar-refractivity contribution >= 4 is 17.3 Å². The number of carbonyl (C=O) groups excluding carboxylic acids is 1. The van der Waals surface area contributed by atoms with Crippen molar-refractivity contribution in [1.29, 1.82) is 0 Å². The van der Waals surface area contributed by atoms with Crippen LogP contribution in [0.2, 0.25) is 0 Å². The number of hydrogen-bond acceptors (Lipinski definition) is 4. The van der Waals surface area contributed by atoms with Crippen LogP contribution in [-0.2, 0) is 18.4 Å². The third-order valence-electron chi connectivity index (χ3n) is 4.13. The highest BCUT2D eigenvalue weighted by Gasteiger charge is 2.27. The van der Waals surface area contributed by atoms with Gasteiger partial charge >= 0.3 is 5.69 Å². The van der Waals surface area contributed by atoms with E-state index in [1.54, 1.807) is 13.1 Å². The van der Waals surface area contributed by atoms with Crippen molar-refractivity contribution in [2.45, 2.75) is 19.9 Å². The molecule has 0 saturated carbocycles. The van der Waals surface area contributed by atoms with E-state index in [0.29, 0.717) is 18.8 Å². The lowest BCUT2D eigenvalue weighted by atomic mass is 10.1. The van der Waals surface area contributed by atoms with Gasteiger partial charge in [0.25, 0.3) is 0 Å². The molecule has 0 spiro atoms. The number of fused-ring (bicyclic) bond motifs is 1. The molecule has 0 unspecified atom stereocenters. The topological polar surface area (TPSA) is 63.4 Å². The van der Waals surface area contributed by atoms with Gasteiger partial charge in [-0.25, -0.2) is 13.9 Å². The van der Waals surface area contributed by atoms with Gasteiger partial charge in [0.2, 0.25) is 5.91 Å². The molecule has 7 nitrogen and oxygen atoms in total. The Morgan fingerprint density at radius 2 is 2.08 bits per heavy atom. The lowest BCUT2D eigenvalue weighted by molar-refractivity contribution is -0.119. The highest BCUT2D eigenvalue weighted by atomic mass is 19.1. The number of carbonyl (C=O) groups is 1. The molecule has 1 aliphatic heterocycles. The fourth-order valence-corrected chi connectivity index (χ4v) is 2.95. The smallest absolute Gasteiger partial charge is 0.345 e. The fourth-order valence-electron chi connectivity index (χ4n) is 2.95. The molecule has 0 atom stereocenters. The molecule has 1 amide bonds. The van der Waals surface area contributed by atoms with Crippen LogP contribution in [0, 0.1) is 5.82 Å². The van der Waals surface area contributed by atoms with Crippen molar-refractivity contribution in [3.63, 3.8) is 0 Å². The van der Waals surface area contributed by atoms with E-state index in [1.165, 1.54) is 27.9 Å². The minimum atomic E-state index is -0.389. The molecule has 1 aliphatic rings.